The second kappa shape index (κ2) is 14.7. The van der Waals surface area contributed by atoms with Crippen molar-refractivity contribution in [1.82, 2.24) is 0 Å². The van der Waals surface area contributed by atoms with E-state index in [1.165, 1.54) is 14.2 Å². The Morgan fingerprint density at radius 3 is 1.74 bits per heavy atom. The fourth-order valence-corrected chi connectivity index (χ4v) is 3.01. The number of carbonyl (C=O) groups is 2. The quantitative estimate of drug-likeness (QED) is 0.221. The Bertz CT molecular complexity index is 866. The number of carbonyl (C=O) groups excluding carboxylic acids is 2. The van der Waals surface area contributed by atoms with Gasteiger partial charge in [0, 0.05) is 14.2 Å². The Balaban J connectivity index is 1.73. The van der Waals surface area contributed by atoms with Crippen LogP contribution in [0.25, 0.3) is 11.1 Å². The minimum atomic E-state index is -0.488. The van der Waals surface area contributed by atoms with Crippen LogP contribution in [0.5, 0.6) is 5.75 Å². The van der Waals surface area contributed by atoms with Gasteiger partial charge in [-0.2, -0.15) is 0 Å². The van der Waals surface area contributed by atoms with Gasteiger partial charge in [0.15, 0.2) is 0 Å². The van der Waals surface area contributed by atoms with E-state index in [1.54, 1.807) is 0 Å². The van der Waals surface area contributed by atoms with Crippen LogP contribution in [-0.2, 0) is 35.0 Å². The van der Waals surface area contributed by atoms with Crippen LogP contribution in [0.4, 0.5) is 0 Å². The van der Waals surface area contributed by atoms with Gasteiger partial charge in [-0.15, -0.1) is 0 Å². The molecule has 7 nitrogen and oxygen atoms in total. The Hall–Kier alpha value is -3.42. The molecule has 0 unspecified atom stereocenters. The predicted octanol–water partition coefficient (Wildman–Crippen LogP) is 4.16. The van der Waals surface area contributed by atoms with Gasteiger partial charge < -0.3 is 23.7 Å². The van der Waals surface area contributed by atoms with Gasteiger partial charge in [-0.1, -0.05) is 49.6 Å². The molecule has 2 aromatic carbocycles. The van der Waals surface area contributed by atoms with E-state index < -0.39 is 11.9 Å². The van der Waals surface area contributed by atoms with E-state index in [4.69, 9.17) is 23.7 Å². The van der Waals surface area contributed by atoms with Crippen molar-refractivity contribution in [2.45, 2.75) is 12.8 Å². The Morgan fingerprint density at radius 1 is 0.706 bits per heavy atom. The molecule has 0 fully saturated rings. The van der Waals surface area contributed by atoms with Gasteiger partial charge in [-0.25, -0.2) is 9.59 Å². The second-order valence-corrected chi connectivity index (χ2v) is 7.52. The molecule has 0 aromatic heterocycles. The maximum Gasteiger partial charge on any atom is 0.335 e. The average molecular weight is 469 g/mol. The number of benzene rings is 2. The van der Waals surface area contributed by atoms with Crippen LogP contribution in [0.3, 0.4) is 0 Å². The Labute approximate surface area is 200 Å². The van der Waals surface area contributed by atoms with Gasteiger partial charge in [0.2, 0.25) is 0 Å². The first kappa shape index (κ1) is 26.8. The van der Waals surface area contributed by atoms with E-state index in [9.17, 15) is 9.59 Å². The minimum Gasteiger partial charge on any atom is -0.490 e. The molecule has 0 amide bonds. The van der Waals surface area contributed by atoms with Gasteiger partial charge in [-0.3, -0.25) is 0 Å². The number of esters is 2. The third-order valence-corrected chi connectivity index (χ3v) is 4.78. The summed E-state index contributed by atoms with van der Waals surface area (Å²) in [5.41, 5.74) is 3.90. The van der Waals surface area contributed by atoms with Crippen LogP contribution in [0.1, 0.15) is 12.0 Å². The molecular formula is C27H32O7. The molecule has 0 radical (unpaired) electrons. The first-order chi connectivity index (χ1) is 16.4. The molecule has 0 heterocycles. The monoisotopic (exact) mass is 468 g/mol. The molecule has 7 heteroatoms. The Morgan fingerprint density at radius 2 is 1.21 bits per heavy atom. The molecule has 2 aromatic rings. The highest BCUT2D eigenvalue weighted by atomic mass is 16.6. The molecule has 0 atom stereocenters. The van der Waals surface area contributed by atoms with E-state index >= 15 is 0 Å². The summed E-state index contributed by atoms with van der Waals surface area (Å²) in [5.74, 6) is -0.216. The average Bonchev–Trinajstić information content (AvgIpc) is 2.85. The maximum atomic E-state index is 11.7. The zero-order chi connectivity index (χ0) is 24.8. The predicted molar refractivity (Wildman–Crippen MR) is 130 cm³/mol. The first-order valence-electron chi connectivity index (χ1n) is 10.9. The number of hydrogen-bond acceptors (Lipinski definition) is 7. The fourth-order valence-electron chi connectivity index (χ4n) is 3.01. The smallest absolute Gasteiger partial charge is 0.335 e. The number of methoxy groups -OCH3 is 2. The van der Waals surface area contributed by atoms with Crippen molar-refractivity contribution in [3.8, 4) is 16.9 Å². The molecule has 0 bridgehead atoms. The van der Waals surface area contributed by atoms with Crippen LogP contribution >= 0.6 is 0 Å². The summed E-state index contributed by atoms with van der Waals surface area (Å²) in [6, 6.07) is 16.0. The van der Waals surface area contributed by atoms with Crippen LogP contribution in [-0.4, -0.2) is 59.2 Å². The second-order valence-electron chi connectivity index (χ2n) is 7.52. The van der Waals surface area contributed by atoms with Gasteiger partial charge >= 0.3 is 11.9 Å². The zero-order valence-corrected chi connectivity index (χ0v) is 19.8. The van der Waals surface area contributed by atoms with Crippen molar-refractivity contribution in [2.75, 3.05) is 47.3 Å². The summed E-state index contributed by atoms with van der Waals surface area (Å²) in [7, 11) is 3.00. The standard InChI is InChI=1S/C27H32O7/c1-20(18-30-3)26(28)33-15-5-6-22-7-9-23(10-8-22)24-11-13-25(14-12-24)32-16-17-34-27(29)21(2)19-31-4/h7-14H,1-2,5-6,15-19H2,3-4H3. The number of ether oxygens (including phenoxy) is 5. The molecule has 0 N–H and O–H groups in total. The van der Waals surface area contributed by atoms with E-state index in [2.05, 4.69) is 37.4 Å². The normalized spacial score (nSPS) is 10.4. The summed E-state index contributed by atoms with van der Waals surface area (Å²) < 4.78 is 25.6. The van der Waals surface area contributed by atoms with Gasteiger partial charge in [0.25, 0.3) is 0 Å². The van der Waals surface area contributed by atoms with Gasteiger partial charge in [-0.05, 0) is 41.7 Å². The summed E-state index contributed by atoms with van der Waals surface area (Å²) in [6.45, 7) is 8.26. The molecular weight excluding hydrogens is 436 g/mol. The zero-order valence-electron chi connectivity index (χ0n) is 19.8. The molecule has 0 saturated carbocycles. The van der Waals surface area contributed by atoms with Crippen molar-refractivity contribution in [3.63, 3.8) is 0 Å². The molecule has 182 valence electrons. The van der Waals surface area contributed by atoms with E-state index in [1.807, 2.05) is 24.3 Å². The highest BCUT2D eigenvalue weighted by molar-refractivity contribution is 5.88. The molecule has 0 aliphatic heterocycles. The van der Waals surface area contributed by atoms with Gasteiger partial charge in [0.1, 0.15) is 19.0 Å². The highest BCUT2D eigenvalue weighted by Gasteiger charge is 2.09. The van der Waals surface area contributed by atoms with Crippen LogP contribution in [0, 0.1) is 0 Å². The fraction of sp³-hybridized carbons (Fsp3) is 0.333. The summed E-state index contributed by atoms with van der Waals surface area (Å²) in [4.78, 5) is 23.3. The minimum absolute atomic E-state index is 0.131. The van der Waals surface area contributed by atoms with Crippen molar-refractivity contribution in [1.29, 1.82) is 0 Å². The number of aryl methyl sites for hydroxylation is 1. The lowest BCUT2D eigenvalue weighted by atomic mass is 10.0. The van der Waals surface area contributed by atoms with Crippen molar-refractivity contribution in [2.24, 2.45) is 0 Å². The summed E-state index contributed by atoms with van der Waals surface area (Å²) >= 11 is 0. The van der Waals surface area contributed by atoms with Crippen LogP contribution in [0.15, 0.2) is 72.8 Å². The molecule has 0 aliphatic rings. The summed E-state index contributed by atoms with van der Waals surface area (Å²) in [6.07, 6.45) is 1.54. The van der Waals surface area contributed by atoms with Crippen LogP contribution in [0.2, 0.25) is 0 Å². The lowest BCUT2D eigenvalue weighted by Crippen LogP contribution is -2.15. The number of hydrogen-bond donors (Lipinski definition) is 0. The third kappa shape index (κ3) is 9.21. The van der Waals surface area contributed by atoms with Gasteiger partial charge in [0.05, 0.1) is 31.0 Å². The topological polar surface area (TPSA) is 80.3 Å². The summed E-state index contributed by atoms with van der Waals surface area (Å²) in [5, 5.41) is 0. The molecule has 0 saturated heterocycles. The lowest BCUT2D eigenvalue weighted by molar-refractivity contribution is -0.140. The number of rotatable bonds is 15. The maximum absolute atomic E-state index is 11.7. The molecule has 34 heavy (non-hydrogen) atoms. The molecule has 2 rings (SSSR count). The van der Waals surface area contributed by atoms with Crippen molar-refractivity contribution >= 4 is 11.9 Å². The highest BCUT2D eigenvalue weighted by Crippen LogP contribution is 2.23. The first-order valence-corrected chi connectivity index (χ1v) is 10.9. The van der Waals surface area contributed by atoms with Crippen LogP contribution < -0.4 is 4.74 Å². The van der Waals surface area contributed by atoms with Crippen molar-refractivity contribution < 1.29 is 33.3 Å². The van der Waals surface area contributed by atoms with E-state index in [-0.39, 0.29) is 32.0 Å². The lowest BCUT2D eigenvalue weighted by Gasteiger charge is -2.09. The van der Waals surface area contributed by atoms with E-state index in [0.29, 0.717) is 17.9 Å². The molecule has 0 spiro atoms. The van der Waals surface area contributed by atoms with E-state index in [0.717, 1.165) is 29.5 Å². The largest absolute Gasteiger partial charge is 0.490 e. The Kier molecular flexibility index (Phi) is 11.6. The molecule has 0 aliphatic carbocycles. The third-order valence-electron chi connectivity index (χ3n) is 4.78. The van der Waals surface area contributed by atoms with Crippen molar-refractivity contribution in [3.05, 3.63) is 78.4 Å². The SMILES string of the molecule is C=C(COC)C(=O)OCCCc1ccc(-c2ccc(OCCOC(=O)C(=C)COC)cc2)cc1.